The van der Waals surface area contributed by atoms with E-state index in [9.17, 15) is 18.4 Å². The monoisotopic (exact) mass is 282 g/mol. The van der Waals surface area contributed by atoms with Crippen LogP contribution in [0, 0.1) is 17.0 Å². The van der Waals surface area contributed by atoms with Crippen LogP contribution >= 0.6 is 0 Å². The molecular weight excluding hydrogens is 266 g/mol. The molecule has 1 atom stereocenters. The second kappa shape index (κ2) is 4.85. The number of halogens is 2. The van der Waals surface area contributed by atoms with Gasteiger partial charge in [-0.2, -0.15) is 0 Å². The fourth-order valence-corrected chi connectivity index (χ4v) is 2.10. The molecule has 0 saturated carbocycles. The first-order valence-electron chi connectivity index (χ1n) is 6.26. The summed E-state index contributed by atoms with van der Waals surface area (Å²) < 4.78 is 26.2. The molecule has 1 unspecified atom stereocenters. The topological polar surface area (TPSA) is 49.4 Å². The van der Waals surface area contributed by atoms with Crippen molar-refractivity contribution in [3.05, 3.63) is 29.8 Å². The van der Waals surface area contributed by atoms with Crippen LogP contribution in [0.3, 0.4) is 0 Å². The predicted molar refractivity (Wildman–Crippen MR) is 70.1 cm³/mol. The molecule has 1 heterocycles. The van der Waals surface area contributed by atoms with Gasteiger partial charge in [0.2, 0.25) is 5.91 Å². The van der Waals surface area contributed by atoms with Crippen molar-refractivity contribution in [3.8, 4) is 0 Å². The van der Waals surface area contributed by atoms with Crippen LogP contribution in [0.15, 0.2) is 18.2 Å². The fraction of sp³-hybridized carbons (Fsp3) is 0.429. The molecule has 0 spiro atoms. The molecule has 4 nitrogen and oxygen atoms in total. The molecule has 0 radical (unpaired) electrons. The molecule has 1 aromatic rings. The molecule has 2 amide bonds. The van der Waals surface area contributed by atoms with Gasteiger partial charge in [-0.05, 0) is 17.5 Å². The molecule has 6 heteroatoms. The lowest BCUT2D eigenvalue weighted by Gasteiger charge is -2.38. The van der Waals surface area contributed by atoms with Crippen LogP contribution in [0.5, 0.6) is 0 Å². The Hall–Kier alpha value is -1.98. The Labute approximate surface area is 115 Å². The minimum atomic E-state index is -1.05. The first-order chi connectivity index (χ1) is 9.20. The summed E-state index contributed by atoms with van der Waals surface area (Å²) in [6.45, 7) is 5.27. The molecule has 0 aromatic heterocycles. The Bertz CT molecular complexity index is 567. The van der Waals surface area contributed by atoms with E-state index in [1.807, 2.05) is 20.8 Å². The van der Waals surface area contributed by atoms with E-state index in [2.05, 4.69) is 5.32 Å². The maximum atomic E-state index is 13.3. The molecule has 108 valence electrons. The Balaban J connectivity index is 2.37. The van der Waals surface area contributed by atoms with E-state index in [0.717, 1.165) is 12.1 Å². The number of carbonyl (C=O) groups is 2. The molecular formula is C14H16F2N2O2. The highest BCUT2D eigenvalue weighted by molar-refractivity contribution is 6.06. The number of rotatable bonds is 1. The summed E-state index contributed by atoms with van der Waals surface area (Å²) in [5.41, 5.74) is -0.290. The van der Waals surface area contributed by atoms with Crippen molar-refractivity contribution in [3.63, 3.8) is 0 Å². The van der Waals surface area contributed by atoms with Crippen molar-refractivity contribution in [2.24, 2.45) is 5.41 Å². The minimum absolute atomic E-state index is 0.179. The Morgan fingerprint density at radius 3 is 2.40 bits per heavy atom. The number of amides is 2. The van der Waals surface area contributed by atoms with Crippen molar-refractivity contribution in [2.45, 2.75) is 26.8 Å². The maximum absolute atomic E-state index is 13.3. The summed E-state index contributed by atoms with van der Waals surface area (Å²) >= 11 is 0. The molecule has 0 aliphatic carbocycles. The van der Waals surface area contributed by atoms with Crippen molar-refractivity contribution >= 4 is 17.5 Å². The second-order valence-electron chi connectivity index (χ2n) is 5.89. The van der Waals surface area contributed by atoms with E-state index in [0.29, 0.717) is 0 Å². The third-order valence-electron chi connectivity index (χ3n) is 3.20. The van der Waals surface area contributed by atoms with Crippen LogP contribution in [0.2, 0.25) is 0 Å². The van der Waals surface area contributed by atoms with Gasteiger partial charge in [-0.15, -0.1) is 0 Å². The van der Waals surface area contributed by atoms with Gasteiger partial charge in [0, 0.05) is 11.8 Å². The number of nitrogens with zero attached hydrogens (tertiary/aromatic N) is 1. The van der Waals surface area contributed by atoms with E-state index >= 15 is 0 Å². The highest BCUT2D eigenvalue weighted by Crippen LogP contribution is 2.27. The van der Waals surface area contributed by atoms with Crippen molar-refractivity contribution in [2.75, 3.05) is 11.4 Å². The van der Waals surface area contributed by atoms with Crippen LogP contribution < -0.4 is 10.2 Å². The zero-order valence-electron chi connectivity index (χ0n) is 11.5. The maximum Gasteiger partial charge on any atom is 0.250 e. The first-order valence-corrected chi connectivity index (χ1v) is 6.26. The average molecular weight is 282 g/mol. The summed E-state index contributed by atoms with van der Waals surface area (Å²) in [4.78, 5) is 25.3. The van der Waals surface area contributed by atoms with Gasteiger partial charge in [-0.3, -0.25) is 9.59 Å². The third-order valence-corrected chi connectivity index (χ3v) is 3.20. The highest BCUT2D eigenvalue weighted by Gasteiger charge is 2.40. The largest absolute Gasteiger partial charge is 0.342 e. The summed E-state index contributed by atoms with van der Waals surface area (Å²) in [5, 5.41) is 2.63. The van der Waals surface area contributed by atoms with Gasteiger partial charge >= 0.3 is 0 Å². The lowest BCUT2D eigenvalue weighted by atomic mass is 9.84. The van der Waals surface area contributed by atoms with Gasteiger partial charge in [0.05, 0.1) is 0 Å². The smallest absolute Gasteiger partial charge is 0.250 e. The summed E-state index contributed by atoms with van der Waals surface area (Å²) in [6, 6.07) is 2.45. The lowest BCUT2D eigenvalue weighted by Crippen LogP contribution is -2.62. The summed E-state index contributed by atoms with van der Waals surface area (Å²) in [6.07, 6.45) is 0. The zero-order valence-corrected chi connectivity index (χ0v) is 11.5. The third kappa shape index (κ3) is 2.64. The molecule has 0 bridgehead atoms. The van der Waals surface area contributed by atoms with Gasteiger partial charge in [0.1, 0.15) is 12.6 Å². The predicted octanol–water partition coefficient (Wildman–Crippen LogP) is 1.84. The van der Waals surface area contributed by atoms with Crippen molar-refractivity contribution in [1.82, 2.24) is 5.32 Å². The molecule has 2 rings (SSSR count). The van der Waals surface area contributed by atoms with Crippen molar-refractivity contribution < 1.29 is 18.4 Å². The van der Waals surface area contributed by atoms with Gasteiger partial charge in [0.15, 0.2) is 11.6 Å². The molecule has 1 aliphatic rings. The summed E-state index contributed by atoms with van der Waals surface area (Å²) in [7, 11) is 0. The molecule has 1 saturated heterocycles. The number of hydrogen-bond acceptors (Lipinski definition) is 2. The van der Waals surface area contributed by atoms with Crippen LogP contribution in [-0.4, -0.2) is 24.4 Å². The molecule has 1 N–H and O–H groups in total. The van der Waals surface area contributed by atoms with Gasteiger partial charge in [0.25, 0.3) is 5.91 Å². The van der Waals surface area contributed by atoms with Gasteiger partial charge < -0.3 is 10.2 Å². The number of benzene rings is 1. The van der Waals surface area contributed by atoms with E-state index in [1.165, 1.54) is 11.0 Å². The average Bonchev–Trinajstić information content (AvgIpc) is 2.34. The molecule has 1 aromatic carbocycles. The lowest BCUT2D eigenvalue weighted by molar-refractivity contribution is -0.133. The minimum Gasteiger partial charge on any atom is -0.342 e. The standard InChI is InChI=1S/C14H16F2N2O2/c1-14(2,3)12-13(20)18(7-11(19)17-12)8-4-5-9(15)10(16)6-8/h4-6,12H,7H2,1-3H3,(H,17,19). The van der Waals surface area contributed by atoms with E-state index in [-0.39, 0.29) is 24.0 Å². The first kappa shape index (κ1) is 14.4. The Kier molecular flexibility index (Phi) is 3.50. The number of carbonyl (C=O) groups excluding carboxylic acids is 2. The Morgan fingerprint density at radius 1 is 1.20 bits per heavy atom. The number of anilines is 1. The SMILES string of the molecule is CC(C)(C)C1NC(=O)CN(c2ccc(F)c(F)c2)C1=O. The molecule has 1 fully saturated rings. The quantitative estimate of drug-likeness (QED) is 0.854. The zero-order chi connectivity index (χ0) is 15.1. The van der Waals surface area contributed by atoms with Crippen LogP contribution in [0.4, 0.5) is 14.5 Å². The van der Waals surface area contributed by atoms with Gasteiger partial charge in [-0.1, -0.05) is 20.8 Å². The summed E-state index contributed by atoms with van der Waals surface area (Å²) in [5.74, 6) is -2.69. The van der Waals surface area contributed by atoms with Crippen molar-refractivity contribution in [1.29, 1.82) is 0 Å². The van der Waals surface area contributed by atoms with Crippen LogP contribution in [0.1, 0.15) is 20.8 Å². The normalized spacial score (nSPS) is 20.1. The van der Waals surface area contributed by atoms with E-state index < -0.39 is 23.1 Å². The van der Waals surface area contributed by atoms with E-state index in [1.54, 1.807) is 0 Å². The number of hydrogen-bond donors (Lipinski definition) is 1. The van der Waals surface area contributed by atoms with Crippen LogP contribution in [-0.2, 0) is 9.59 Å². The second-order valence-corrected chi connectivity index (χ2v) is 5.89. The van der Waals surface area contributed by atoms with Gasteiger partial charge in [-0.25, -0.2) is 8.78 Å². The number of piperazine rings is 1. The van der Waals surface area contributed by atoms with Crippen LogP contribution in [0.25, 0.3) is 0 Å². The fourth-order valence-electron chi connectivity index (χ4n) is 2.10. The molecule has 20 heavy (non-hydrogen) atoms. The Morgan fingerprint density at radius 2 is 1.85 bits per heavy atom. The molecule has 1 aliphatic heterocycles. The van der Waals surface area contributed by atoms with E-state index in [4.69, 9.17) is 0 Å². The highest BCUT2D eigenvalue weighted by atomic mass is 19.2. The number of nitrogens with one attached hydrogen (secondary N) is 1.